The molecule has 0 unspecified atom stereocenters. The van der Waals surface area contributed by atoms with Crippen LogP contribution in [0.2, 0.25) is 0 Å². The Labute approximate surface area is 72.6 Å². The predicted octanol–water partition coefficient (Wildman–Crippen LogP) is 2.02. The normalized spacial score (nSPS) is 28.6. The Bertz CT molecular complexity index is 219. The number of alkyl halides is 6. The van der Waals surface area contributed by atoms with Crippen LogP contribution in [-0.4, -0.2) is 30.7 Å². The van der Waals surface area contributed by atoms with Crippen LogP contribution in [0.1, 0.15) is 0 Å². The van der Waals surface area contributed by atoms with E-state index in [1.807, 2.05) is 0 Å². The third-order valence-corrected chi connectivity index (χ3v) is 1.37. The van der Waals surface area contributed by atoms with Crippen LogP contribution in [0.5, 0.6) is 0 Å². The molecule has 82 valence electrons. The molecule has 1 fully saturated rings. The number of halogens is 6. The van der Waals surface area contributed by atoms with Crippen molar-refractivity contribution in [1.82, 2.24) is 0 Å². The van der Waals surface area contributed by atoms with Gasteiger partial charge in [-0.2, -0.15) is 26.3 Å². The van der Waals surface area contributed by atoms with Gasteiger partial charge < -0.3 is 9.47 Å². The molecule has 1 aliphatic rings. The first-order valence-corrected chi connectivity index (χ1v) is 3.13. The maximum Gasteiger partial charge on any atom is 0.509 e. The minimum Gasteiger partial charge on any atom is -0.417 e. The highest BCUT2D eigenvalue weighted by Crippen LogP contribution is 2.38. The summed E-state index contributed by atoms with van der Waals surface area (Å²) in [5, 5.41) is 0. The summed E-state index contributed by atoms with van der Waals surface area (Å²) in [6, 6.07) is 0. The SMILES string of the molecule is O=C1O[C@@H](C(F)(F)F)[C@@H](C(F)(F)F)O1. The molecule has 9 heteroatoms. The molecule has 0 aromatic rings. The van der Waals surface area contributed by atoms with Crippen molar-refractivity contribution >= 4 is 6.16 Å². The van der Waals surface area contributed by atoms with Gasteiger partial charge in [0.05, 0.1) is 0 Å². The molecular weight excluding hydrogens is 222 g/mol. The molecule has 1 aliphatic heterocycles. The van der Waals surface area contributed by atoms with Crippen LogP contribution in [0.15, 0.2) is 0 Å². The van der Waals surface area contributed by atoms with Gasteiger partial charge in [-0.15, -0.1) is 0 Å². The smallest absolute Gasteiger partial charge is 0.417 e. The van der Waals surface area contributed by atoms with Crippen molar-refractivity contribution in [2.24, 2.45) is 0 Å². The summed E-state index contributed by atoms with van der Waals surface area (Å²) < 4.78 is 77.9. The van der Waals surface area contributed by atoms with Crippen LogP contribution in [0.3, 0.4) is 0 Å². The second-order valence-corrected chi connectivity index (χ2v) is 2.41. The van der Waals surface area contributed by atoms with Crippen LogP contribution in [-0.2, 0) is 9.47 Å². The van der Waals surface area contributed by atoms with Crippen molar-refractivity contribution in [3.8, 4) is 0 Å². The van der Waals surface area contributed by atoms with E-state index in [9.17, 15) is 31.1 Å². The summed E-state index contributed by atoms with van der Waals surface area (Å²) in [4.78, 5) is 10.1. The molecule has 0 spiro atoms. The molecule has 3 nitrogen and oxygen atoms in total. The molecule has 2 atom stereocenters. The number of carbonyl (C=O) groups excluding carboxylic acids is 1. The van der Waals surface area contributed by atoms with Crippen LogP contribution in [0.4, 0.5) is 31.1 Å². The quantitative estimate of drug-likeness (QED) is 0.466. The minimum atomic E-state index is -5.30. The van der Waals surface area contributed by atoms with Gasteiger partial charge in [0, 0.05) is 0 Å². The average molecular weight is 224 g/mol. The maximum absolute atomic E-state index is 11.9. The summed E-state index contributed by atoms with van der Waals surface area (Å²) in [6.45, 7) is 0. The lowest BCUT2D eigenvalue weighted by Crippen LogP contribution is -2.45. The van der Waals surface area contributed by atoms with Crippen LogP contribution >= 0.6 is 0 Å². The molecule has 14 heavy (non-hydrogen) atoms. The van der Waals surface area contributed by atoms with E-state index in [1.54, 1.807) is 0 Å². The number of carbonyl (C=O) groups is 1. The maximum atomic E-state index is 11.9. The first-order chi connectivity index (χ1) is 6.12. The number of cyclic esters (lactones) is 2. The van der Waals surface area contributed by atoms with Gasteiger partial charge in [0.1, 0.15) is 0 Å². The van der Waals surface area contributed by atoms with Crippen molar-refractivity contribution in [2.45, 2.75) is 24.6 Å². The molecular formula is C5H2F6O3. The number of hydrogen-bond donors (Lipinski definition) is 0. The third kappa shape index (κ3) is 2.02. The van der Waals surface area contributed by atoms with Crippen molar-refractivity contribution in [2.75, 3.05) is 0 Å². The minimum absolute atomic E-state index is 1.98. The Morgan fingerprint density at radius 2 is 1.14 bits per heavy atom. The monoisotopic (exact) mass is 224 g/mol. The van der Waals surface area contributed by atoms with E-state index in [-0.39, 0.29) is 0 Å². The average Bonchev–Trinajstić information content (AvgIpc) is 2.27. The second-order valence-electron chi connectivity index (χ2n) is 2.41. The van der Waals surface area contributed by atoms with Crippen molar-refractivity contribution in [1.29, 1.82) is 0 Å². The second kappa shape index (κ2) is 2.92. The molecule has 1 heterocycles. The summed E-state index contributed by atoms with van der Waals surface area (Å²) in [6.07, 6.45) is -19.1. The Balaban J connectivity index is 2.89. The zero-order valence-corrected chi connectivity index (χ0v) is 6.15. The molecule has 1 saturated heterocycles. The summed E-state index contributed by atoms with van der Waals surface area (Å²) >= 11 is 0. The fourth-order valence-corrected chi connectivity index (χ4v) is 0.836. The van der Waals surface area contributed by atoms with Crippen LogP contribution < -0.4 is 0 Å². The molecule has 0 aliphatic carbocycles. The highest BCUT2D eigenvalue weighted by Gasteiger charge is 2.64. The highest BCUT2D eigenvalue weighted by atomic mass is 19.4. The van der Waals surface area contributed by atoms with Gasteiger partial charge in [0.2, 0.25) is 12.2 Å². The lowest BCUT2D eigenvalue weighted by Gasteiger charge is -2.19. The fourth-order valence-electron chi connectivity index (χ4n) is 0.836. The van der Waals surface area contributed by atoms with Crippen molar-refractivity contribution in [3.63, 3.8) is 0 Å². The molecule has 0 radical (unpaired) electrons. The van der Waals surface area contributed by atoms with E-state index in [0.29, 0.717) is 0 Å². The Kier molecular flexibility index (Phi) is 2.28. The van der Waals surface area contributed by atoms with Gasteiger partial charge in [-0.05, 0) is 0 Å². The molecule has 0 amide bonds. The topological polar surface area (TPSA) is 35.5 Å². The molecule has 0 aromatic carbocycles. The van der Waals surface area contributed by atoms with Crippen LogP contribution in [0, 0.1) is 0 Å². The van der Waals surface area contributed by atoms with E-state index in [4.69, 9.17) is 0 Å². The number of hydrogen-bond acceptors (Lipinski definition) is 3. The van der Waals surface area contributed by atoms with Gasteiger partial charge in [0.15, 0.2) is 0 Å². The lowest BCUT2D eigenvalue weighted by atomic mass is 10.2. The molecule has 0 N–H and O–H groups in total. The Morgan fingerprint density at radius 1 is 0.857 bits per heavy atom. The van der Waals surface area contributed by atoms with Gasteiger partial charge in [-0.3, -0.25) is 0 Å². The fraction of sp³-hybridized carbons (Fsp3) is 0.800. The third-order valence-electron chi connectivity index (χ3n) is 1.37. The first kappa shape index (κ1) is 10.9. The van der Waals surface area contributed by atoms with E-state index in [1.165, 1.54) is 0 Å². The Hall–Kier alpha value is -1.15. The molecule has 0 bridgehead atoms. The zero-order chi connectivity index (χ0) is 11.1. The van der Waals surface area contributed by atoms with Crippen molar-refractivity contribution in [3.05, 3.63) is 0 Å². The lowest BCUT2D eigenvalue weighted by molar-refractivity contribution is -0.260. The van der Waals surface area contributed by atoms with E-state index >= 15 is 0 Å². The first-order valence-electron chi connectivity index (χ1n) is 3.13. The predicted molar refractivity (Wildman–Crippen MR) is 27.3 cm³/mol. The van der Waals surface area contributed by atoms with Gasteiger partial charge in [-0.25, -0.2) is 4.79 Å². The van der Waals surface area contributed by atoms with E-state index in [0.717, 1.165) is 0 Å². The molecule has 0 saturated carbocycles. The summed E-state index contributed by atoms with van der Waals surface area (Å²) in [7, 11) is 0. The summed E-state index contributed by atoms with van der Waals surface area (Å²) in [5.41, 5.74) is 0. The van der Waals surface area contributed by atoms with Crippen LogP contribution in [0.25, 0.3) is 0 Å². The zero-order valence-electron chi connectivity index (χ0n) is 6.15. The number of rotatable bonds is 0. The van der Waals surface area contributed by atoms with Gasteiger partial charge >= 0.3 is 18.5 Å². The van der Waals surface area contributed by atoms with E-state index < -0.39 is 30.7 Å². The Morgan fingerprint density at radius 3 is 1.36 bits per heavy atom. The van der Waals surface area contributed by atoms with Gasteiger partial charge in [-0.1, -0.05) is 0 Å². The van der Waals surface area contributed by atoms with E-state index in [2.05, 4.69) is 9.47 Å². The van der Waals surface area contributed by atoms with Gasteiger partial charge in [0.25, 0.3) is 0 Å². The van der Waals surface area contributed by atoms with Crippen molar-refractivity contribution < 1.29 is 40.6 Å². The standard InChI is InChI=1S/C5H2F6O3/c6-4(7,8)1-2(5(9,10)11)14-3(12)13-1/h1-2H/t1-,2+. The molecule has 0 aromatic heterocycles. The highest BCUT2D eigenvalue weighted by molar-refractivity contribution is 5.62. The molecule has 1 rings (SSSR count). The largest absolute Gasteiger partial charge is 0.509 e. The summed E-state index contributed by atoms with van der Waals surface area (Å²) in [5.74, 6) is 0. The number of ether oxygens (including phenoxy) is 2.